The molecule has 2 heterocycles. The summed E-state index contributed by atoms with van der Waals surface area (Å²) in [6.45, 7) is 10.3. The molecule has 1 saturated heterocycles. The zero-order valence-electron chi connectivity index (χ0n) is 11.8. The van der Waals surface area contributed by atoms with Gasteiger partial charge in [0.15, 0.2) is 0 Å². The van der Waals surface area contributed by atoms with Crippen molar-refractivity contribution >= 4 is 0 Å². The molecule has 0 bridgehead atoms. The fraction of sp³-hybridized carbons (Fsp3) is 0.667. The topological polar surface area (TPSA) is 28.2 Å². The Labute approximate surface area is 111 Å². The summed E-state index contributed by atoms with van der Waals surface area (Å²) in [5, 5.41) is 3.55. The molecule has 1 aliphatic heterocycles. The molecule has 3 nitrogen and oxygen atoms in total. The molecule has 2 unspecified atom stereocenters. The molecule has 3 heteroatoms. The molecule has 0 amide bonds. The molecule has 18 heavy (non-hydrogen) atoms. The van der Waals surface area contributed by atoms with E-state index in [0.29, 0.717) is 12.1 Å². The second kappa shape index (κ2) is 6.30. The predicted octanol–water partition coefficient (Wildman–Crippen LogP) is 2.46. The lowest BCUT2D eigenvalue weighted by Gasteiger charge is -2.24. The Morgan fingerprint density at radius 1 is 1.33 bits per heavy atom. The average Bonchev–Trinajstić information content (AvgIpc) is 2.85. The van der Waals surface area contributed by atoms with Crippen LogP contribution < -0.4 is 5.32 Å². The molecule has 1 N–H and O–H groups in total. The van der Waals surface area contributed by atoms with Crippen LogP contribution in [0.3, 0.4) is 0 Å². The summed E-state index contributed by atoms with van der Waals surface area (Å²) in [4.78, 5) is 6.67. The molecular formula is C15H25N3. The van der Waals surface area contributed by atoms with Gasteiger partial charge in [0, 0.05) is 31.0 Å². The molecule has 1 aliphatic rings. The van der Waals surface area contributed by atoms with Crippen molar-refractivity contribution in [2.24, 2.45) is 5.92 Å². The van der Waals surface area contributed by atoms with E-state index in [-0.39, 0.29) is 0 Å². The highest BCUT2D eigenvalue weighted by atomic mass is 15.2. The summed E-state index contributed by atoms with van der Waals surface area (Å²) >= 11 is 0. The summed E-state index contributed by atoms with van der Waals surface area (Å²) in [5.41, 5.74) is 1.38. The Morgan fingerprint density at radius 2 is 2.06 bits per heavy atom. The second-order valence-electron chi connectivity index (χ2n) is 5.67. The quantitative estimate of drug-likeness (QED) is 0.866. The maximum Gasteiger partial charge on any atom is 0.0321 e. The largest absolute Gasteiger partial charge is 0.314 e. The highest BCUT2D eigenvalue weighted by Crippen LogP contribution is 2.26. The lowest BCUT2D eigenvalue weighted by atomic mass is 10.1. The number of nitrogens with one attached hydrogen (secondary N) is 1. The van der Waals surface area contributed by atoms with Gasteiger partial charge >= 0.3 is 0 Å². The van der Waals surface area contributed by atoms with Crippen LogP contribution in [-0.4, -0.2) is 35.6 Å². The molecular weight excluding hydrogens is 222 g/mol. The molecule has 0 aliphatic carbocycles. The van der Waals surface area contributed by atoms with E-state index in [2.05, 4.69) is 48.1 Å². The number of rotatable bonds is 5. The van der Waals surface area contributed by atoms with Crippen molar-refractivity contribution in [2.75, 3.05) is 19.6 Å². The van der Waals surface area contributed by atoms with Crippen molar-refractivity contribution < 1.29 is 0 Å². The van der Waals surface area contributed by atoms with Crippen molar-refractivity contribution in [1.29, 1.82) is 0 Å². The van der Waals surface area contributed by atoms with Gasteiger partial charge in [-0.2, -0.15) is 0 Å². The first-order valence-electron chi connectivity index (χ1n) is 7.04. The smallest absolute Gasteiger partial charge is 0.0321 e. The van der Waals surface area contributed by atoms with Crippen LogP contribution in [0.2, 0.25) is 0 Å². The molecule has 1 aromatic heterocycles. The maximum absolute atomic E-state index is 4.09. The summed E-state index contributed by atoms with van der Waals surface area (Å²) in [7, 11) is 0. The average molecular weight is 247 g/mol. The van der Waals surface area contributed by atoms with Crippen molar-refractivity contribution in [3.05, 3.63) is 30.1 Å². The van der Waals surface area contributed by atoms with Gasteiger partial charge in [0.25, 0.3) is 0 Å². The SMILES string of the molecule is CC(C)NCC1CCN(C(C)c2ccncc2)C1. The lowest BCUT2D eigenvalue weighted by Crippen LogP contribution is -2.31. The van der Waals surface area contributed by atoms with Gasteiger partial charge < -0.3 is 5.32 Å². The highest BCUT2D eigenvalue weighted by Gasteiger charge is 2.26. The fourth-order valence-corrected chi connectivity index (χ4v) is 2.64. The Balaban J connectivity index is 1.85. The van der Waals surface area contributed by atoms with E-state index in [0.717, 1.165) is 12.5 Å². The molecule has 100 valence electrons. The molecule has 2 rings (SSSR count). The Morgan fingerprint density at radius 3 is 2.72 bits per heavy atom. The molecule has 0 spiro atoms. The lowest BCUT2D eigenvalue weighted by molar-refractivity contribution is 0.251. The van der Waals surface area contributed by atoms with Gasteiger partial charge in [-0.05, 0) is 50.0 Å². The minimum Gasteiger partial charge on any atom is -0.314 e. The first-order valence-corrected chi connectivity index (χ1v) is 7.04. The maximum atomic E-state index is 4.09. The number of pyridine rings is 1. The highest BCUT2D eigenvalue weighted by molar-refractivity contribution is 5.14. The third-order valence-corrected chi connectivity index (χ3v) is 3.87. The van der Waals surface area contributed by atoms with Gasteiger partial charge in [-0.3, -0.25) is 9.88 Å². The van der Waals surface area contributed by atoms with E-state index in [1.165, 1.54) is 25.1 Å². The predicted molar refractivity (Wildman–Crippen MR) is 75.5 cm³/mol. The third kappa shape index (κ3) is 3.53. The molecule has 1 aromatic rings. The normalized spacial score (nSPS) is 22.6. The van der Waals surface area contributed by atoms with E-state index >= 15 is 0 Å². The molecule has 0 aromatic carbocycles. The van der Waals surface area contributed by atoms with E-state index < -0.39 is 0 Å². The summed E-state index contributed by atoms with van der Waals surface area (Å²) in [6, 6.07) is 5.36. The van der Waals surface area contributed by atoms with Crippen molar-refractivity contribution in [3.8, 4) is 0 Å². The number of nitrogens with zero attached hydrogens (tertiary/aromatic N) is 2. The third-order valence-electron chi connectivity index (χ3n) is 3.87. The van der Waals surface area contributed by atoms with Crippen LogP contribution >= 0.6 is 0 Å². The molecule has 0 radical (unpaired) electrons. The molecule has 2 atom stereocenters. The number of hydrogen-bond acceptors (Lipinski definition) is 3. The zero-order chi connectivity index (χ0) is 13.0. The number of likely N-dealkylation sites (tertiary alicyclic amines) is 1. The van der Waals surface area contributed by atoms with Gasteiger partial charge in [0.1, 0.15) is 0 Å². The minimum absolute atomic E-state index is 0.511. The van der Waals surface area contributed by atoms with Crippen LogP contribution in [-0.2, 0) is 0 Å². The summed E-state index contributed by atoms with van der Waals surface area (Å²) < 4.78 is 0. The Bertz CT molecular complexity index is 350. The van der Waals surface area contributed by atoms with Gasteiger partial charge in [-0.15, -0.1) is 0 Å². The molecule has 1 fully saturated rings. The van der Waals surface area contributed by atoms with E-state index in [1.54, 1.807) is 0 Å². The standard InChI is InChI=1S/C15H25N3/c1-12(2)17-10-14-6-9-18(11-14)13(3)15-4-7-16-8-5-15/h4-5,7-8,12-14,17H,6,9-11H2,1-3H3. The van der Waals surface area contributed by atoms with Gasteiger partial charge in [0.05, 0.1) is 0 Å². The van der Waals surface area contributed by atoms with Crippen LogP contribution in [0.1, 0.15) is 38.8 Å². The second-order valence-corrected chi connectivity index (χ2v) is 5.67. The van der Waals surface area contributed by atoms with E-state index in [9.17, 15) is 0 Å². The zero-order valence-corrected chi connectivity index (χ0v) is 11.8. The Kier molecular flexibility index (Phi) is 4.72. The van der Waals surface area contributed by atoms with Crippen molar-refractivity contribution in [3.63, 3.8) is 0 Å². The van der Waals surface area contributed by atoms with Crippen LogP contribution in [0.15, 0.2) is 24.5 Å². The van der Waals surface area contributed by atoms with Crippen molar-refractivity contribution in [2.45, 2.75) is 39.3 Å². The Hall–Kier alpha value is -0.930. The molecule has 0 saturated carbocycles. The van der Waals surface area contributed by atoms with Crippen molar-refractivity contribution in [1.82, 2.24) is 15.2 Å². The fourth-order valence-electron chi connectivity index (χ4n) is 2.64. The van der Waals surface area contributed by atoms with Gasteiger partial charge in [-0.1, -0.05) is 13.8 Å². The van der Waals surface area contributed by atoms with E-state index in [1.807, 2.05) is 12.4 Å². The number of aromatic nitrogens is 1. The van der Waals surface area contributed by atoms with Gasteiger partial charge in [-0.25, -0.2) is 0 Å². The summed E-state index contributed by atoms with van der Waals surface area (Å²) in [5.74, 6) is 0.802. The van der Waals surface area contributed by atoms with Gasteiger partial charge in [0.2, 0.25) is 0 Å². The van der Waals surface area contributed by atoms with Crippen LogP contribution in [0.5, 0.6) is 0 Å². The minimum atomic E-state index is 0.511. The van der Waals surface area contributed by atoms with Crippen LogP contribution in [0, 0.1) is 5.92 Å². The van der Waals surface area contributed by atoms with Crippen LogP contribution in [0.4, 0.5) is 0 Å². The first-order chi connectivity index (χ1) is 8.66. The monoisotopic (exact) mass is 247 g/mol. The summed E-state index contributed by atoms with van der Waals surface area (Å²) in [6.07, 6.45) is 5.09. The first kappa shape index (κ1) is 13.5. The van der Waals surface area contributed by atoms with Crippen LogP contribution in [0.25, 0.3) is 0 Å². The van der Waals surface area contributed by atoms with E-state index in [4.69, 9.17) is 0 Å². The number of hydrogen-bond donors (Lipinski definition) is 1.